The van der Waals surface area contributed by atoms with E-state index in [1.807, 2.05) is 19.9 Å². The Morgan fingerprint density at radius 1 is 1.33 bits per heavy atom. The highest BCUT2D eigenvalue weighted by Crippen LogP contribution is 2.34. The van der Waals surface area contributed by atoms with Gasteiger partial charge < -0.3 is 14.4 Å². The number of aryl methyl sites for hydroxylation is 1. The number of carboxylic acid groups (broad SMARTS) is 1. The molecule has 0 saturated heterocycles. The number of ether oxygens (including phenoxy) is 1. The molecule has 5 nitrogen and oxygen atoms in total. The van der Waals surface area contributed by atoms with Crippen LogP contribution in [0.3, 0.4) is 0 Å². The first kappa shape index (κ1) is 17.0. The standard InChI is InChI=1S/C19H26N2O3/c1-4-20-9-8-16-15(12-20)14-7-6-13(3)17(19(22)23)18(14)21(16)10-11-24-5-2/h6-7H,4-5,8-12H2,1-3H3,(H,22,23). The quantitative estimate of drug-likeness (QED) is 0.827. The molecule has 2 heterocycles. The van der Waals surface area contributed by atoms with Gasteiger partial charge in [0.15, 0.2) is 0 Å². The Morgan fingerprint density at radius 3 is 2.79 bits per heavy atom. The molecule has 1 aromatic carbocycles. The van der Waals surface area contributed by atoms with Crippen molar-refractivity contribution in [3.05, 3.63) is 34.5 Å². The highest BCUT2D eigenvalue weighted by atomic mass is 16.5. The van der Waals surface area contributed by atoms with Crippen molar-refractivity contribution in [2.45, 2.75) is 40.3 Å². The zero-order valence-corrected chi connectivity index (χ0v) is 14.8. The Balaban J connectivity index is 2.21. The van der Waals surface area contributed by atoms with E-state index >= 15 is 0 Å². The SMILES string of the molecule is CCOCCn1c2c(c3ccc(C)c(C(=O)O)c31)CN(CC)CC2. The van der Waals surface area contributed by atoms with Crippen LogP contribution in [0.15, 0.2) is 12.1 Å². The van der Waals surface area contributed by atoms with E-state index < -0.39 is 5.97 Å². The molecule has 0 radical (unpaired) electrons. The number of likely N-dealkylation sites (N-methyl/N-ethyl adjacent to an activating group) is 1. The molecule has 0 saturated carbocycles. The van der Waals surface area contributed by atoms with Crippen molar-refractivity contribution in [1.29, 1.82) is 0 Å². The van der Waals surface area contributed by atoms with E-state index in [1.54, 1.807) is 0 Å². The molecular weight excluding hydrogens is 304 g/mol. The molecule has 0 fully saturated rings. The lowest BCUT2D eigenvalue weighted by atomic mass is 10.0. The Hall–Kier alpha value is -1.85. The Morgan fingerprint density at radius 2 is 2.12 bits per heavy atom. The molecule has 130 valence electrons. The summed E-state index contributed by atoms with van der Waals surface area (Å²) >= 11 is 0. The van der Waals surface area contributed by atoms with Crippen LogP contribution in [0.2, 0.25) is 0 Å². The normalized spacial score (nSPS) is 15.0. The minimum atomic E-state index is -0.849. The summed E-state index contributed by atoms with van der Waals surface area (Å²) in [6, 6.07) is 4.02. The third-order valence-electron chi connectivity index (χ3n) is 5.03. The van der Waals surface area contributed by atoms with Gasteiger partial charge in [0.1, 0.15) is 0 Å². The molecule has 0 spiro atoms. The average molecular weight is 330 g/mol. The molecule has 0 amide bonds. The van der Waals surface area contributed by atoms with Crippen molar-refractivity contribution in [2.24, 2.45) is 0 Å². The molecule has 0 bridgehead atoms. The molecule has 0 atom stereocenters. The van der Waals surface area contributed by atoms with E-state index in [2.05, 4.69) is 22.5 Å². The van der Waals surface area contributed by atoms with Crippen molar-refractivity contribution >= 4 is 16.9 Å². The lowest BCUT2D eigenvalue weighted by Gasteiger charge is -2.26. The summed E-state index contributed by atoms with van der Waals surface area (Å²) in [5.74, 6) is -0.849. The van der Waals surface area contributed by atoms with Crippen molar-refractivity contribution in [2.75, 3.05) is 26.3 Å². The van der Waals surface area contributed by atoms with Crippen LogP contribution in [0.25, 0.3) is 10.9 Å². The van der Waals surface area contributed by atoms with Crippen LogP contribution in [0.1, 0.15) is 41.0 Å². The number of benzene rings is 1. The minimum absolute atomic E-state index is 0.432. The summed E-state index contributed by atoms with van der Waals surface area (Å²) in [6.07, 6.45) is 0.960. The van der Waals surface area contributed by atoms with Gasteiger partial charge in [-0.15, -0.1) is 0 Å². The first-order valence-corrected chi connectivity index (χ1v) is 8.75. The summed E-state index contributed by atoms with van der Waals surface area (Å²) in [5.41, 5.74) is 4.68. The van der Waals surface area contributed by atoms with Gasteiger partial charge in [-0.25, -0.2) is 4.79 Å². The van der Waals surface area contributed by atoms with Gasteiger partial charge in [0, 0.05) is 43.7 Å². The second-order valence-corrected chi connectivity index (χ2v) is 6.35. The van der Waals surface area contributed by atoms with Gasteiger partial charge in [0.05, 0.1) is 17.7 Å². The second-order valence-electron chi connectivity index (χ2n) is 6.35. The maximum absolute atomic E-state index is 11.9. The van der Waals surface area contributed by atoms with Gasteiger partial charge in [0.2, 0.25) is 0 Å². The lowest BCUT2D eigenvalue weighted by molar-refractivity contribution is 0.0697. The number of hydrogen-bond acceptors (Lipinski definition) is 3. The zero-order valence-electron chi connectivity index (χ0n) is 14.8. The largest absolute Gasteiger partial charge is 0.478 e. The molecule has 0 unspecified atom stereocenters. The Kier molecular flexibility index (Phi) is 4.92. The number of carbonyl (C=O) groups is 1. The lowest BCUT2D eigenvalue weighted by Crippen LogP contribution is -2.31. The summed E-state index contributed by atoms with van der Waals surface area (Å²) in [4.78, 5) is 14.3. The van der Waals surface area contributed by atoms with Gasteiger partial charge in [0.25, 0.3) is 0 Å². The second kappa shape index (κ2) is 6.95. The van der Waals surface area contributed by atoms with Crippen LogP contribution in [-0.4, -0.2) is 46.8 Å². The minimum Gasteiger partial charge on any atom is -0.478 e. The van der Waals surface area contributed by atoms with Crippen molar-refractivity contribution in [1.82, 2.24) is 9.47 Å². The maximum Gasteiger partial charge on any atom is 0.338 e. The van der Waals surface area contributed by atoms with Crippen LogP contribution >= 0.6 is 0 Å². The number of fused-ring (bicyclic) bond motifs is 3. The van der Waals surface area contributed by atoms with Crippen LogP contribution in [-0.2, 0) is 24.2 Å². The average Bonchev–Trinajstić information content (AvgIpc) is 2.87. The Bertz CT molecular complexity index is 764. The first-order valence-electron chi connectivity index (χ1n) is 8.75. The number of carboxylic acids is 1. The predicted molar refractivity (Wildman–Crippen MR) is 94.8 cm³/mol. The van der Waals surface area contributed by atoms with Crippen LogP contribution in [0, 0.1) is 6.92 Å². The van der Waals surface area contributed by atoms with Gasteiger partial charge in [-0.2, -0.15) is 0 Å². The third-order valence-corrected chi connectivity index (χ3v) is 5.03. The van der Waals surface area contributed by atoms with Gasteiger partial charge in [-0.3, -0.25) is 4.90 Å². The molecule has 5 heteroatoms. The fourth-order valence-corrected chi connectivity index (χ4v) is 3.78. The van der Waals surface area contributed by atoms with E-state index in [0.29, 0.717) is 25.3 Å². The molecule has 24 heavy (non-hydrogen) atoms. The van der Waals surface area contributed by atoms with Crippen LogP contribution < -0.4 is 0 Å². The number of nitrogens with zero attached hydrogens (tertiary/aromatic N) is 2. The van der Waals surface area contributed by atoms with E-state index in [1.165, 1.54) is 11.3 Å². The van der Waals surface area contributed by atoms with Crippen LogP contribution in [0.4, 0.5) is 0 Å². The van der Waals surface area contributed by atoms with Gasteiger partial charge >= 0.3 is 5.97 Å². The third kappa shape index (κ3) is 2.82. The van der Waals surface area contributed by atoms with Crippen molar-refractivity contribution in [3.63, 3.8) is 0 Å². The topological polar surface area (TPSA) is 54.7 Å². The summed E-state index contributed by atoms with van der Waals surface area (Å²) in [5, 5.41) is 10.8. The van der Waals surface area contributed by atoms with E-state index in [-0.39, 0.29) is 0 Å². The molecular formula is C19H26N2O3. The maximum atomic E-state index is 11.9. The fraction of sp³-hybridized carbons (Fsp3) is 0.526. The summed E-state index contributed by atoms with van der Waals surface area (Å²) in [6.45, 7) is 11.0. The van der Waals surface area contributed by atoms with E-state index in [9.17, 15) is 9.90 Å². The zero-order chi connectivity index (χ0) is 17.3. The van der Waals surface area contributed by atoms with Gasteiger partial charge in [-0.05, 0) is 31.5 Å². The number of aromatic carboxylic acids is 1. The number of hydrogen-bond donors (Lipinski definition) is 1. The number of aromatic nitrogens is 1. The molecule has 0 aliphatic carbocycles. The molecule has 2 aromatic rings. The molecule has 3 rings (SSSR count). The smallest absolute Gasteiger partial charge is 0.338 e. The molecule has 1 aromatic heterocycles. The molecule has 1 aliphatic heterocycles. The first-order chi connectivity index (χ1) is 11.6. The Labute approximate surface area is 142 Å². The van der Waals surface area contributed by atoms with Crippen LogP contribution in [0.5, 0.6) is 0 Å². The summed E-state index contributed by atoms with van der Waals surface area (Å²) < 4.78 is 7.74. The fourth-order valence-electron chi connectivity index (χ4n) is 3.78. The summed E-state index contributed by atoms with van der Waals surface area (Å²) in [7, 11) is 0. The van der Waals surface area contributed by atoms with E-state index in [0.717, 1.165) is 42.5 Å². The van der Waals surface area contributed by atoms with Crippen molar-refractivity contribution < 1.29 is 14.6 Å². The van der Waals surface area contributed by atoms with E-state index in [4.69, 9.17) is 4.74 Å². The highest BCUT2D eigenvalue weighted by molar-refractivity contribution is 6.05. The molecule has 1 aliphatic rings. The monoisotopic (exact) mass is 330 g/mol. The number of rotatable bonds is 6. The van der Waals surface area contributed by atoms with Crippen molar-refractivity contribution in [3.8, 4) is 0 Å². The highest BCUT2D eigenvalue weighted by Gasteiger charge is 2.26. The predicted octanol–water partition coefficient (Wildman–Crippen LogP) is 3.06. The van der Waals surface area contributed by atoms with Gasteiger partial charge in [-0.1, -0.05) is 19.1 Å². The molecule has 1 N–H and O–H groups in total.